The number of nitrogens with one attached hydrogen (secondary N) is 1. The molecule has 2 rings (SSSR count). The van der Waals surface area contributed by atoms with Crippen molar-refractivity contribution in [1.82, 2.24) is 9.62 Å². The topological polar surface area (TPSA) is 84.9 Å². The standard InChI is InChI=1S/C16H24N2O5S/c1-18(2)24(20,21)11-13-9-23-10-14(13)17-16(19)8-12-6-4-5-7-15(12)22-3/h4-7,13-14H,8-11H2,1-3H3,(H,17,19)/t13-,14-/m0/s1. The van der Waals surface area contributed by atoms with E-state index >= 15 is 0 Å². The smallest absolute Gasteiger partial charge is 0.224 e. The number of para-hydroxylation sites is 1. The highest BCUT2D eigenvalue weighted by Gasteiger charge is 2.34. The number of sulfonamides is 1. The molecule has 0 saturated carbocycles. The lowest BCUT2D eigenvalue weighted by Gasteiger charge is -2.21. The molecule has 0 radical (unpaired) electrons. The lowest BCUT2D eigenvalue weighted by Crippen LogP contribution is -2.44. The van der Waals surface area contributed by atoms with Crippen molar-refractivity contribution < 1.29 is 22.7 Å². The van der Waals surface area contributed by atoms with E-state index in [1.54, 1.807) is 13.2 Å². The minimum Gasteiger partial charge on any atom is -0.496 e. The van der Waals surface area contributed by atoms with Gasteiger partial charge in [-0.2, -0.15) is 0 Å². The van der Waals surface area contributed by atoms with Crippen LogP contribution in [0.5, 0.6) is 5.75 Å². The maximum atomic E-state index is 12.3. The Balaban J connectivity index is 1.98. The van der Waals surface area contributed by atoms with E-state index in [4.69, 9.17) is 9.47 Å². The van der Waals surface area contributed by atoms with Gasteiger partial charge in [0.05, 0.1) is 38.5 Å². The minimum absolute atomic E-state index is 0.0421. The predicted molar refractivity (Wildman–Crippen MR) is 90.4 cm³/mol. The Hall–Kier alpha value is -1.64. The van der Waals surface area contributed by atoms with Crippen molar-refractivity contribution in [2.45, 2.75) is 12.5 Å². The quantitative estimate of drug-likeness (QED) is 0.758. The number of hydrogen-bond donors (Lipinski definition) is 1. The Morgan fingerprint density at radius 3 is 2.71 bits per heavy atom. The second-order valence-electron chi connectivity index (χ2n) is 6.02. The first-order valence-corrected chi connectivity index (χ1v) is 9.33. The van der Waals surface area contributed by atoms with Gasteiger partial charge in [0.2, 0.25) is 15.9 Å². The number of ether oxygens (including phenoxy) is 2. The van der Waals surface area contributed by atoms with Crippen molar-refractivity contribution in [2.24, 2.45) is 5.92 Å². The van der Waals surface area contributed by atoms with Crippen molar-refractivity contribution in [3.63, 3.8) is 0 Å². The van der Waals surface area contributed by atoms with Gasteiger partial charge in [0.1, 0.15) is 5.75 Å². The average molecular weight is 356 g/mol. The lowest BCUT2D eigenvalue weighted by atomic mass is 10.1. The van der Waals surface area contributed by atoms with Crippen LogP contribution in [0.3, 0.4) is 0 Å². The van der Waals surface area contributed by atoms with Crippen LogP contribution in [0, 0.1) is 5.92 Å². The first-order valence-electron chi connectivity index (χ1n) is 7.72. The summed E-state index contributed by atoms with van der Waals surface area (Å²) in [6, 6.07) is 7.01. The highest BCUT2D eigenvalue weighted by atomic mass is 32.2. The third-order valence-corrected chi connectivity index (χ3v) is 6.03. The van der Waals surface area contributed by atoms with Crippen LogP contribution in [0.2, 0.25) is 0 Å². The van der Waals surface area contributed by atoms with Crippen molar-refractivity contribution in [2.75, 3.05) is 40.2 Å². The highest BCUT2D eigenvalue weighted by molar-refractivity contribution is 7.89. The Bertz CT molecular complexity index is 675. The van der Waals surface area contributed by atoms with Gasteiger partial charge < -0.3 is 14.8 Å². The van der Waals surface area contributed by atoms with Crippen LogP contribution < -0.4 is 10.1 Å². The largest absolute Gasteiger partial charge is 0.496 e. The molecular formula is C16H24N2O5S. The second kappa shape index (κ2) is 7.96. The van der Waals surface area contributed by atoms with Crippen molar-refractivity contribution in [3.8, 4) is 5.75 Å². The Morgan fingerprint density at radius 1 is 1.33 bits per heavy atom. The zero-order valence-electron chi connectivity index (χ0n) is 14.2. The molecule has 1 aliphatic heterocycles. The fourth-order valence-electron chi connectivity index (χ4n) is 2.62. The number of hydrogen-bond acceptors (Lipinski definition) is 5. The minimum atomic E-state index is -3.34. The van der Waals surface area contributed by atoms with Gasteiger partial charge >= 0.3 is 0 Å². The number of benzene rings is 1. The van der Waals surface area contributed by atoms with Gasteiger partial charge in [-0.15, -0.1) is 0 Å². The molecule has 1 amide bonds. The summed E-state index contributed by atoms with van der Waals surface area (Å²) in [7, 11) is 1.22. The van der Waals surface area contributed by atoms with Crippen molar-refractivity contribution in [3.05, 3.63) is 29.8 Å². The molecule has 1 heterocycles. The summed E-state index contributed by atoms with van der Waals surface area (Å²) >= 11 is 0. The lowest BCUT2D eigenvalue weighted by molar-refractivity contribution is -0.121. The van der Waals surface area contributed by atoms with Gasteiger partial charge in [-0.1, -0.05) is 18.2 Å². The number of amides is 1. The molecule has 0 spiro atoms. The molecular weight excluding hydrogens is 332 g/mol. The van der Waals surface area contributed by atoms with Crippen LogP contribution in [0.15, 0.2) is 24.3 Å². The normalized spacial score (nSPS) is 21.0. The molecule has 0 aromatic heterocycles. The van der Waals surface area contributed by atoms with Gasteiger partial charge in [-0.3, -0.25) is 4.79 Å². The van der Waals surface area contributed by atoms with Crippen LogP contribution in [0.1, 0.15) is 5.56 Å². The first kappa shape index (κ1) is 18.7. The predicted octanol–water partition coefficient (Wildman–Crippen LogP) is 0.260. The Kier molecular flexibility index (Phi) is 6.20. The summed E-state index contributed by atoms with van der Waals surface area (Å²) < 4.78 is 35.9. The zero-order valence-corrected chi connectivity index (χ0v) is 15.0. The second-order valence-corrected chi connectivity index (χ2v) is 8.25. The fourth-order valence-corrected chi connectivity index (χ4v) is 3.79. The molecule has 2 atom stereocenters. The molecule has 7 nitrogen and oxygen atoms in total. The summed E-state index contributed by atoms with van der Waals surface area (Å²) in [4.78, 5) is 12.3. The van der Waals surface area contributed by atoms with E-state index in [0.717, 1.165) is 5.56 Å². The van der Waals surface area contributed by atoms with E-state index in [0.29, 0.717) is 19.0 Å². The molecule has 24 heavy (non-hydrogen) atoms. The summed E-state index contributed by atoms with van der Waals surface area (Å²) in [5.74, 6) is 0.183. The van der Waals surface area contributed by atoms with E-state index in [1.807, 2.05) is 18.2 Å². The third kappa shape index (κ3) is 4.68. The number of nitrogens with zero attached hydrogens (tertiary/aromatic N) is 1. The molecule has 1 saturated heterocycles. The molecule has 1 aromatic rings. The van der Waals surface area contributed by atoms with Crippen LogP contribution in [0.25, 0.3) is 0 Å². The Labute approximate surface area is 143 Å². The van der Waals surface area contributed by atoms with Gasteiger partial charge in [0.15, 0.2) is 0 Å². The van der Waals surface area contributed by atoms with Crippen LogP contribution in [-0.4, -0.2) is 64.8 Å². The monoisotopic (exact) mass is 356 g/mol. The van der Waals surface area contributed by atoms with Crippen LogP contribution in [0.4, 0.5) is 0 Å². The van der Waals surface area contributed by atoms with E-state index in [-0.39, 0.29) is 30.0 Å². The SMILES string of the molecule is COc1ccccc1CC(=O)N[C@H]1COC[C@H]1CS(=O)(=O)N(C)C. The fraction of sp³-hybridized carbons (Fsp3) is 0.562. The van der Waals surface area contributed by atoms with E-state index in [2.05, 4.69) is 5.32 Å². The summed E-state index contributed by atoms with van der Waals surface area (Å²) in [6.07, 6.45) is 0.174. The zero-order chi connectivity index (χ0) is 17.7. The maximum Gasteiger partial charge on any atom is 0.224 e. The first-order chi connectivity index (χ1) is 11.3. The molecule has 1 N–H and O–H groups in total. The van der Waals surface area contributed by atoms with Gasteiger partial charge in [0.25, 0.3) is 0 Å². The number of rotatable bonds is 7. The van der Waals surface area contributed by atoms with Crippen molar-refractivity contribution in [1.29, 1.82) is 0 Å². The van der Waals surface area contributed by atoms with Gasteiger partial charge in [-0.25, -0.2) is 12.7 Å². The molecule has 1 aliphatic rings. The average Bonchev–Trinajstić information content (AvgIpc) is 2.93. The Morgan fingerprint density at radius 2 is 2.04 bits per heavy atom. The maximum absolute atomic E-state index is 12.3. The molecule has 1 fully saturated rings. The van der Waals surface area contributed by atoms with Crippen LogP contribution in [-0.2, 0) is 26.0 Å². The summed E-state index contributed by atoms with van der Waals surface area (Å²) in [6.45, 7) is 0.651. The highest BCUT2D eigenvalue weighted by Crippen LogP contribution is 2.20. The number of carbonyl (C=O) groups excluding carboxylic acids is 1. The van der Waals surface area contributed by atoms with E-state index < -0.39 is 10.0 Å². The number of methoxy groups -OCH3 is 1. The van der Waals surface area contributed by atoms with Crippen LogP contribution >= 0.6 is 0 Å². The van der Waals surface area contributed by atoms with Gasteiger partial charge in [0, 0.05) is 25.6 Å². The molecule has 134 valence electrons. The van der Waals surface area contributed by atoms with Crippen molar-refractivity contribution >= 4 is 15.9 Å². The molecule has 0 aliphatic carbocycles. The van der Waals surface area contributed by atoms with Gasteiger partial charge in [-0.05, 0) is 6.07 Å². The molecule has 1 aromatic carbocycles. The number of carbonyl (C=O) groups is 1. The summed E-state index contributed by atoms with van der Waals surface area (Å²) in [5.41, 5.74) is 0.786. The molecule has 8 heteroatoms. The summed E-state index contributed by atoms with van der Waals surface area (Å²) in [5, 5.41) is 2.89. The van der Waals surface area contributed by atoms with E-state index in [1.165, 1.54) is 18.4 Å². The molecule has 0 unspecified atom stereocenters. The molecule has 0 bridgehead atoms. The van der Waals surface area contributed by atoms with E-state index in [9.17, 15) is 13.2 Å². The third-order valence-electron chi connectivity index (χ3n) is 4.07.